The summed E-state index contributed by atoms with van der Waals surface area (Å²) in [6.45, 7) is 18.3. The van der Waals surface area contributed by atoms with E-state index in [9.17, 15) is 24.0 Å². The number of carbonyl (C=O) groups is 5. The van der Waals surface area contributed by atoms with Crippen LogP contribution in [-0.2, 0) is 30.3 Å². The number of likely N-dealkylation sites (N-methyl/N-ethyl adjacent to an activating group) is 2. The molecule has 0 bridgehead atoms. The molecule has 0 aliphatic carbocycles. The summed E-state index contributed by atoms with van der Waals surface area (Å²) in [5, 5.41) is 5.68. The predicted molar refractivity (Wildman–Crippen MR) is 173 cm³/mol. The number of benzene rings is 1. The van der Waals surface area contributed by atoms with Gasteiger partial charge in [0.1, 0.15) is 23.7 Å². The van der Waals surface area contributed by atoms with Gasteiger partial charge in [-0.25, -0.2) is 4.79 Å². The molecule has 0 aliphatic rings. The monoisotopic (exact) mass is 616 g/mol. The van der Waals surface area contributed by atoms with E-state index in [4.69, 9.17) is 4.74 Å². The molecular formula is C34H56N4O6. The van der Waals surface area contributed by atoms with E-state index in [-0.39, 0.29) is 30.0 Å². The minimum atomic E-state index is -0.950. The Morgan fingerprint density at radius 2 is 1.23 bits per heavy atom. The van der Waals surface area contributed by atoms with Gasteiger partial charge in [-0.15, -0.1) is 0 Å². The quantitative estimate of drug-likeness (QED) is 0.297. The first-order valence-electron chi connectivity index (χ1n) is 15.6. The lowest BCUT2D eigenvalue weighted by Crippen LogP contribution is -2.59. The molecule has 0 saturated carbocycles. The maximum absolute atomic E-state index is 13.9. The lowest BCUT2D eigenvalue weighted by Gasteiger charge is -2.35. The highest BCUT2D eigenvalue weighted by Gasteiger charge is 2.37. The van der Waals surface area contributed by atoms with Crippen molar-refractivity contribution in [2.24, 2.45) is 17.8 Å². The fourth-order valence-electron chi connectivity index (χ4n) is 4.71. The van der Waals surface area contributed by atoms with E-state index in [1.54, 1.807) is 34.7 Å². The third kappa shape index (κ3) is 12.7. The first-order chi connectivity index (χ1) is 20.2. The Hall–Kier alpha value is -3.43. The summed E-state index contributed by atoms with van der Waals surface area (Å²) in [4.78, 5) is 69.4. The topological polar surface area (TPSA) is 125 Å². The Balaban J connectivity index is 3.16. The molecule has 1 rings (SSSR count). The van der Waals surface area contributed by atoms with Crippen molar-refractivity contribution in [2.75, 3.05) is 14.1 Å². The Kier molecular flexibility index (Phi) is 15.1. The smallest absolute Gasteiger partial charge is 0.410 e. The Morgan fingerprint density at radius 3 is 1.68 bits per heavy atom. The SMILES string of the molecule is CC(C)C[C@@H](C(=O)N[C@H](C(=O)N(C)[C@@H](CC(C)C)C(=O)N[C@@H](C)C(=O)Cc1ccccc1)C(C)C)N(C)C(=O)OC(C)(C)C. The molecule has 0 radical (unpaired) electrons. The molecule has 0 fully saturated rings. The lowest BCUT2D eigenvalue weighted by molar-refractivity contribution is -0.144. The van der Waals surface area contributed by atoms with Gasteiger partial charge >= 0.3 is 6.09 Å². The molecule has 0 saturated heterocycles. The molecule has 1 aromatic rings. The summed E-state index contributed by atoms with van der Waals surface area (Å²) in [5.41, 5.74) is 0.118. The summed E-state index contributed by atoms with van der Waals surface area (Å²) in [5.74, 6) is -1.63. The summed E-state index contributed by atoms with van der Waals surface area (Å²) < 4.78 is 5.49. The van der Waals surface area contributed by atoms with E-state index >= 15 is 0 Å². The minimum Gasteiger partial charge on any atom is -0.444 e. The molecule has 2 N–H and O–H groups in total. The van der Waals surface area contributed by atoms with E-state index in [2.05, 4.69) is 10.6 Å². The van der Waals surface area contributed by atoms with Gasteiger partial charge in [0.25, 0.3) is 0 Å². The van der Waals surface area contributed by atoms with Crippen molar-refractivity contribution >= 4 is 29.6 Å². The van der Waals surface area contributed by atoms with Gasteiger partial charge in [-0.2, -0.15) is 0 Å². The highest BCUT2D eigenvalue weighted by Crippen LogP contribution is 2.19. The Bertz CT molecular complexity index is 1110. The molecule has 0 unspecified atom stereocenters. The van der Waals surface area contributed by atoms with Crippen molar-refractivity contribution in [3.8, 4) is 0 Å². The number of nitrogens with zero attached hydrogens (tertiary/aromatic N) is 2. The van der Waals surface area contributed by atoms with Gasteiger partial charge in [0, 0.05) is 20.5 Å². The average Bonchev–Trinajstić information content (AvgIpc) is 2.91. The second-order valence-corrected chi connectivity index (χ2v) is 13.9. The van der Waals surface area contributed by atoms with Crippen LogP contribution in [0.15, 0.2) is 30.3 Å². The van der Waals surface area contributed by atoms with Crippen LogP contribution in [0.25, 0.3) is 0 Å². The highest BCUT2D eigenvalue weighted by molar-refractivity contribution is 5.95. The average molecular weight is 617 g/mol. The molecule has 10 nitrogen and oxygen atoms in total. The van der Waals surface area contributed by atoms with E-state index < -0.39 is 53.6 Å². The van der Waals surface area contributed by atoms with Gasteiger partial charge in [0.2, 0.25) is 17.7 Å². The predicted octanol–water partition coefficient (Wildman–Crippen LogP) is 4.60. The molecule has 44 heavy (non-hydrogen) atoms. The van der Waals surface area contributed by atoms with Crippen molar-refractivity contribution in [3.63, 3.8) is 0 Å². The van der Waals surface area contributed by atoms with Crippen LogP contribution in [0.1, 0.15) is 87.6 Å². The number of amides is 4. The van der Waals surface area contributed by atoms with Crippen LogP contribution in [0, 0.1) is 17.8 Å². The van der Waals surface area contributed by atoms with E-state index in [1.807, 2.05) is 71.9 Å². The number of Topliss-reactive ketones (excluding diaryl/α,β-unsaturated/α-hetero) is 1. The van der Waals surface area contributed by atoms with E-state index in [1.165, 1.54) is 16.8 Å². The zero-order valence-corrected chi connectivity index (χ0v) is 28.9. The maximum Gasteiger partial charge on any atom is 0.410 e. The molecule has 4 atom stereocenters. The summed E-state index contributed by atoms with van der Waals surface area (Å²) in [6, 6.07) is 5.88. The second kappa shape index (κ2) is 17.2. The summed E-state index contributed by atoms with van der Waals surface area (Å²) >= 11 is 0. The zero-order chi connectivity index (χ0) is 33.9. The summed E-state index contributed by atoms with van der Waals surface area (Å²) in [7, 11) is 3.06. The Labute approximate surface area is 264 Å². The van der Waals surface area contributed by atoms with Crippen LogP contribution in [0.2, 0.25) is 0 Å². The molecule has 10 heteroatoms. The van der Waals surface area contributed by atoms with Crippen LogP contribution in [0.3, 0.4) is 0 Å². The van der Waals surface area contributed by atoms with Crippen LogP contribution < -0.4 is 10.6 Å². The van der Waals surface area contributed by atoms with Gasteiger partial charge in [-0.3, -0.25) is 24.1 Å². The van der Waals surface area contributed by atoms with Crippen molar-refractivity contribution in [1.82, 2.24) is 20.4 Å². The fourth-order valence-corrected chi connectivity index (χ4v) is 4.71. The summed E-state index contributed by atoms with van der Waals surface area (Å²) in [6.07, 6.45) is 0.281. The number of ketones is 1. The molecule has 248 valence electrons. The largest absolute Gasteiger partial charge is 0.444 e. The van der Waals surface area contributed by atoms with Gasteiger partial charge < -0.3 is 20.3 Å². The lowest BCUT2D eigenvalue weighted by atomic mass is 9.96. The first-order valence-corrected chi connectivity index (χ1v) is 15.6. The van der Waals surface area contributed by atoms with Gasteiger partial charge in [0.05, 0.1) is 6.04 Å². The fraction of sp³-hybridized carbons (Fsp3) is 0.676. The molecule has 1 aromatic carbocycles. The van der Waals surface area contributed by atoms with E-state index in [0.29, 0.717) is 12.8 Å². The number of rotatable bonds is 15. The van der Waals surface area contributed by atoms with Gasteiger partial charge in [-0.05, 0) is 63.9 Å². The first kappa shape index (κ1) is 38.6. The molecule has 4 amide bonds. The molecular weight excluding hydrogens is 560 g/mol. The maximum atomic E-state index is 13.9. The normalized spacial score (nSPS) is 14.4. The minimum absolute atomic E-state index is 0.0707. The van der Waals surface area contributed by atoms with Crippen LogP contribution in [-0.4, -0.2) is 83.3 Å². The number of ether oxygens (including phenoxy) is 1. The van der Waals surface area contributed by atoms with Crippen LogP contribution in [0.4, 0.5) is 4.79 Å². The number of nitrogens with one attached hydrogen (secondary N) is 2. The molecule has 0 aromatic heterocycles. The second-order valence-electron chi connectivity index (χ2n) is 13.9. The third-order valence-corrected chi connectivity index (χ3v) is 7.25. The molecule has 0 heterocycles. The highest BCUT2D eigenvalue weighted by atomic mass is 16.6. The number of hydrogen-bond acceptors (Lipinski definition) is 6. The van der Waals surface area contributed by atoms with Crippen molar-refractivity contribution < 1.29 is 28.7 Å². The van der Waals surface area contributed by atoms with Crippen molar-refractivity contribution in [2.45, 2.75) is 118 Å². The van der Waals surface area contributed by atoms with Crippen LogP contribution >= 0.6 is 0 Å². The zero-order valence-electron chi connectivity index (χ0n) is 28.9. The van der Waals surface area contributed by atoms with Gasteiger partial charge in [-0.1, -0.05) is 71.9 Å². The van der Waals surface area contributed by atoms with Crippen LogP contribution in [0.5, 0.6) is 0 Å². The Morgan fingerprint density at radius 1 is 0.750 bits per heavy atom. The van der Waals surface area contributed by atoms with Crippen molar-refractivity contribution in [1.29, 1.82) is 0 Å². The molecule has 0 aliphatic heterocycles. The standard InChI is InChI=1S/C34H56N4O6/c1-21(2)18-26(30(40)35-24(7)28(39)20-25-16-14-13-15-17-25)37(11)32(42)29(23(5)6)36-31(41)27(19-22(3)4)38(12)33(43)44-34(8,9)10/h13-17,21-24,26-27,29H,18-20H2,1-12H3,(H,35,40)(H,36,41)/t24-,26-,27-,29-/m0/s1. The van der Waals surface area contributed by atoms with E-state index in [0.717, 1.165) is 5.56 Å². The molecule has 0 spiro atoms. The van der Waals surface area contributed by atoms with Gasteiger partial charge in [0.15, 0.2) is 5.78 Å². The number of hydrogen-bond donors (Lipinski definition) is 2. The third-order valence-electron chi connectivity index (χ3n) is 7.25. The number of carbonyl (C=O) groups excluding carboxylic acids is 5. The van der Waals surface area contributed by atoms with Crippen molar-refractivity contribution in [3.05, 3.63) is 35.9 Å².